The molecule has 0 spiro atoms. The zero-order valence-corrected chi connectivity index (χ0v) is 10.8. The zero-order valence-electron chi connectivity index (χ0n) is 10.8. The third-order valence-corrected chi connectivity index (χ3v) is 2.74. The maximum absolute atomic E-state index is 11.4. The summed E-state index contributed by atoms with van der Waals surface area (Å²) in [5.74, 6) is 1.15. The second-order valence-corrected chi connectivity index (χ2v) is 3.76. The Hall–Kier alpha value is -2.50. The molecule has 6 heteroatoms. The number of rotatable bonds is 5. The van der Waals surface area contributed by atoms with Gasteiger partial charge in [0.1, 0.15) is 17.2 Å². The predicted molar refractivity (Wildman–Crippen MR) is 70.7 cm³/mol. The number of ether oxygens (including phenoxy) is 3. The largest absolute Gasteiger partial charge is 0.497 e. The summed E-state index contributed by atoms with van der Waals surface area (Å²) in [5.41, 5.74) is -0.545. The Morgan fingerprint density at radius 3 is 2.26 bits per heavy atom. The highest BCUT2D eigenvalue weighted by molar-refractivity contribution is 5.73. The normalized spacial score (nSPS) is 10.3. The number of benzene rings is 1. The molecule has 2 aromatic rings. The minimum atomic E-state index is -0.627. The van der Waals surface area contributed by atoms with Crippen LogP contribution < -0.4 is 30.4 Å². The number of methoxy groups -OCH3 is 3. The van der Waals surface area contributed by atoms with Gasteiger partial charge in [0.15, 0.2) is 5.75 Å². The summed E-state index contributed by atoms with van der Waals surface area (Å²) >= 11 is 0. The van der Waals surface area contributed by atoms with Crippen molar-refractivity contribution in [1.82, 2.24) is 0 Å². The van der Waals surface area contributed by atoms with Gasteiger partial charge in [-0.2, -0.15) is 0 Å². The lowest BCUT2D eigenvalue weighted by Gasteiger charge is -2.15. The lowest BCUT2D eigenvalue weighted by Crippen LogP contribution is -2.34. The van der Waals surface area contributed by atoms with Crippen LogP contribution in [0.25, 0.3) is 0 Å². The Morgan fingerprint density at radius 2 is 1.68 bits per heavy atom. The van der Waals surface area contributed by atoms with Crippen LogP contribution in [0.4, 0.5) is 11.4 Å². The summed E-state index contributed by atoms with van der Waals surface area (Å²) in [5, 5.41) is 2.83. The number of anilines is 2. The molecule has 0 aliphatic heterocycles. The molecule has 0 atom stereocenters. The topological polar surface area (TPSA) is 73.9 Å². The summed E-state index contributed by atoms with van der Waals surface area (Å²) in [6.45, 7) is 0. The summed E-state index contributed by atoms with van der Waals surface area (Å²) in [4.78, 5) is 22.7. The molecule has 0 aliphatic carbocycles. The lowest BCUT2D eigenvalue weighted by molar-refractivity contribution is 0.395. The van der Waals surface area contributed by atoms with Crippen molar-refractivity contribution in [2.24, 2.45) is 0 Å². The molecule has 100 valence electrons. The van der Waals surface area contributed by atoms with Gasteiger partial charge in [-0.05, 0) is 12.1 Å². The Balaban J connectivity index is 2.36. The van der Waals surface area contributed by atoms with E-state index in [9.17, 15) is 9.59 Å². The number of hydrogen-bond donors (Lipinski definition) is 1. The van der Waals surface area contributed by atoms with Crippen LogP contribution in [-0.2, 0) is 0 Å². The van der Waals surface area contributed by atoms with Crippen molar-refractivity contribution in [3.63, 3.8) is 0 Å². The van der Waals surface area contributed by atoms with Crippen LogP contribution in [0.5, 0.6) is 17.2 Å². The van der Waals surface area contributed by atoms with Crippen LogP contribution in [0, 0.1) is 0 Å². The maximum atomic E-state index is 11.4. The minimum absolute atomic E-state index is 0.0304. The van der Waals surface area contributed by atoms with Crippen LogP contribution >= 0.6 is 0 Å². The van der Waals surface area contributed by atoms with E-state index in [-0.39, 0.29) is 11.4 Å². The molecule has 2 rings (SSSR count). The van der Waals surface area contributed by atoms with Crippen molar-refractivity contribution in [3.05, 3.63) is 38.6 Å². The molecule has 2 aromatic carbocycles. The Labute approximate surface area is 109 Å². The molecular formula is C13H13NO5. The molecule has 0 radical (unpaired) electrons. The average Bonchev–Trinajstić information content (AvgIpc) is 2.46. The van der Waals surface area contributed by atoms with Crippen molar-refractivity contribution in [1.29, 1.82) is 0 Å². The smallest absolute Gasteiger partial charge is 0.272 e. The van der Waals surface area contributed by atoms with Crippen molar-refractivity contribution in [3.8, 4) is 17.2 Å². The van der Waals surface area contributed by atoms with Crippen LogP contribution in [-0.4, -0.2) is 21.3 Å². The van der Waals surface area contributed by atoms with Crippen LogP contribution in [0.1, 0.15) is 0 Å². The molecule has 0 fully saturated rings. The van der Waals surface area contributed by atoms with Crippen LogP contribution in [0.2, 0.25) is 0 Å². The Bertz CT molecular complexity index is 670. The van der Waals surface area contributed by atoms with Crippen LogP contribution in [0.3, 0.4) is 0 Å². The third-order valence-electron chi connectivity index (χ3n) is 2.74. The second kappa shape index (κ2) is 5.01. The van der Waals surface area contributed by atoms with E-state index in [2.05, 4.69) is 5.32 Å². The van der Waals surface area contributed by atoms with Gasteiger partial charge in [-0.25, -0.2) is 0 Å². The molecule has 0 amide bonds. The quantitative estimate of drug-likeness (QED) is 0.813. The molecule has 0 bridgehead atoms. The first-order valence-corrected chi connectivity index (χ1v) is 5.48. The molecule has 0 saturated carbocycles. The first-order valence-electron chi connectivity index (χ1n) is 5.48. The lowest BCUT2D eigenvalue weighted by atomic mass is 10.2. The number of hydrogen-bond acceptors (Lipinski definition) is 6. The highest BCUT2D eigenvalue weighted by atomic mass is 16.5. The van der Waals surface area contributed by atoms with E-state index in [4.69, 9.17) is 14.2 Å². The van der Waals surface area contributed by atoms with E-state index in [0.717, 1.165) is 0 Å². The third kappa shape index (κ3) is 2.12. The van der Waals surface area contributed by atoms with E-state index < -0.39 is 10.9 Å². The molecule has 1 N–H and O–H groups in total. The zero-order chi connectivity index (χ0) is 14.0. The van der Waals surface area contributed by atoms with Gasteiger partial charge < -0.3 is 19.5 Å². The average molecular weight is 263 g/mol. The van der Waals surface area contributed by atoms with Gasteiger partial charge in [0.05, 0.1) is 27.0 Å². The Kier molecular flexibility index (Phi) is 3.41. The van der Waals surface area contributed by atoms with Gasteiger partial charge in [-0.3, -0.25) is 9.59 Å². The first-order chi connectivity index (χ1) is 9.12. The van der Waals surface area contributed by atoms with Gasteiger partial charge in [0.2, 0.25) is 0 Å². The first kappa shape index (κ1) is 12.9. The highest BCUT2D eigenvalue weighted by Gasteiger charge is 2.22. The fourth-order valence-corrected chi connectivity index (χ4v) is 1.72. The van der Waals surface area contributed by atoms with E-state index in [0.29, 0.717) is 17.2 Å². The summed E-state index contributed by atoms with van der Waals surface area (Å²) < 4.78 is 15.1. The molecule has 0 aliphatic rings. The maximum Gasteiger partial charge on any atom is 0.272 e. The number of nitrogens with one attached hydrogen (secondary N) is 1. The van der Waals surface area contributed by atoms with Crippen molar-refractivity contribution < 1.29 is 14.2 Å². The molecule has 19 heavy (non-hydrogen) atoms. The molecule has 0 aromatic heterocycles. The SMILES string of the molecule is COc1ccc(Nc2c(OC)c(=O)c2=O)c(OC)c1. The Morgan fingerprint density at radius 1 is 0.947 bits per heavy atom. The van der Waals surface area contributed by atoms with Gasteiger partial charge in [-0.15, -0.1) is 0 Å². The van der Waals surface area contributed by atoms with Crippen molar-refractivity contribution in [2.45, 2.75) is 0 Å². The van der Waals surface area contributed by atoms with E-state index in [1.807, 2.05) is 0 Å². The highest BCUT2D eigenvalue weighted by Crippen LogP contribution is 2.32. The predicted octanol–water partition coefficient (Wildman–Crippen LogP) is 1.05. The fraction of sp³-hybridized carbons (Fsp3) is 0.231. The second-order valence-electron chi connectivity index (χ2n) is 3.76. The van der Waals surface area contributed by atoms with Gasteiger partial charge in [-0.1, -0.05) is 0 Å². The van der Waals surface area contributed by atoms with Crippen molar-refractivity contribution in [2.75, 3.05) is 26.6 Å². The van der Waals surface area contributed by atoms with Gasteiger partial charge in [0.25, 0.3) is 10.9 Å². The summed E-state index contributed by atoms with van der Waals surface area (Å²) in [6.07, 6.45) is 0. The molecule has 0 saturated heterocycles. The molecule has 0 heterocycles. The molecule has 6 nitrogen and oxygen atoms in total. The van der Waals surface area contributed by atoms with Crippen molar-refractivity contribution >= 4 is 11.4 Å². The fourth-order valence-electron chi connectivity index (χ4n) is 1.72. The monoisotopic (exact) mass is 263 g/mol. The standard InChI is InChI=1S/C13H13NO5/c1-17-7-4-5-8(9(6-7)18-2)14-10-11(15)12(16)13(10)19-3/h4-6,14H,1-3H3. The van der Waals surface area contributed by atoms with Crippen LogP contribution in [0.15, 0.2) is 27.8 Å². The van der Waals surface area contributed by atoms with E-state index in [1.54, 1.807) is 25.3 Å². The molecular weight excluding hydrogens is 250 g/mol. The summed E-state index contributed by atoms with van der Waals surface area (Å²) in [7, 11) is 4.38. The summed E-state index contributed by atoms with van der Waals surface area (Å²) in [6, 6.07) is 5.07. The molecule has 0 unspecified atom stereocenters. The van der Waals surface area contributed by atoms with E-state index >= 15 is 0 Å². The minimum Gasteiger partial charge on any atom is -0.497 e. The van der Waals surface area contributed by atoms with Gasteiger partial charge >= 0.3 is 0 Å². The van der Waals surface area contributed by atoms with Gasteiger partial charge in [0, 0.05) is 6.07 Å². The van der Waals surface area contributed by atoms with E-state index in [1.165, 1.54) is 14.2 Å².